The highest BCUT2D eigenvalue weighted by Crippen LogP contribution is 2.37. The van der Waals surface area contributed by atoms with Crippen molar-refractivity contribution in [1.82, 2.24) is 40.0 Å². The van der Waals surface area contributed by atoms with Gasteiger partial charge in [-0.25, -0.2) is 4.98 Å². The molecule has 2 amide bonds. The quantitative estimate of drug-likeness (QED) is 0.257. The Hall–Kier alpha value is -5.11. The van der Waals surface area contributed by atoms with Gasteiger partial charge in [-0.15, -0.1) is 10.2 Å². The molecule has 0 saturated carbocycles. The SMILES string of the molecule is O=C1CCCN1c1ccc2oc(-c3ccnc(C(=O)N4C5CCC4CN([C@H](c4ccccc4)c4nnn(C(F)F)n4)C5)c3)nc2c1. The Labute approximate surface area is 261 Å². The molecule has 3 aromatic heterocycles. The minimum absolute atomic E-state index is 0.0990. The molecule has 5 aromatic rings. The molecule has 14 heteroatoms. The maximum Gasteiger partial charge on any atom is 0.350 e. The van der Waals surface area contributed by atoms with Crippen molar-refractivity contribution in [3.63, 3.8) is 0 Å². The largest absolute Gasteiger partial charge is 0.436 e. The number of rotatable bonds is 7. The van der Waals surface area contributed by atoms with E-state index in [1.807, 2.05) is 53.4 Å². The van der Waals surface area contributed by atoms with Crippen LogP contribution < -0.4 is 4.90 Å². The average molecular weight is 626 g/mol. The predicted octanol–water partition coefficient (Wildman–Crippen LogP) is 4.48. The maximum absolute atomic E-state index is 14.0. The molecule has 2 aromatic carbocycles. The van der Waals surface area contributed by atoms with Crippen molar-refractivity contribution in [1.29, 1.82) is 0 Å². The second kappa shape index (κ2) is 11.4. The second-order valence-electron chi connectivity index (χ2n) is 11.9. The van der Waals surface area contributed by atoms with E-state index in [9.17, 15) is 18.4 Å². The lowest BCUT2D eigenvalue weighted by atomic mass is 10.0. The van der Waals surface area contributed by atoms with Gasteiger partial charge in [0.15, 0.2) is 11.4 Å². The van der Waals surface area contributed by atoms with Gasteiger partial charge in [-0.2, -0.15) is 8.78 Å². The fraction of sp³-hybridized carbons (Fsp3) is 0.344. The van der Waals surface area contributed by atoms with Crippen LogP contribution in [0.5, 0.6) is 0 Å². The summed E-state index contributed by atoms with van der Waals surface area (Å²) in [6, 6.07) is 17.8. The number of carbonyl (C=O) groups is 2. The summed E-state index contributed by atoms with van der Waals surface area (Å²) in [5.74, 6) is 0.469. The van der Waals surface area contributed by atoms with Gasteiger partial charge in [0.05, 0.1) is 6.04 Å². The number of alkyl halides is 2. The summed E-state index contributed by atoms with van der Waals surface area (Å²) in [7, 11) is 0. The lowest BCUT2D eigenvalue weighted by Gasteiger charge is -2.43. The zero-order valence-corrected chi connectivity index (χ0v) is 24.6. The van der Waals surface area contributed by atoms with Crippen LogP contribution in [0.3, 0.4) is 0 Å². The molecule has 0 aliphatic carbocycles. The summed E-state index contributed by atoms with van der Waals surface area (Å²) >= 11 is 0. The third kappa shape index (κ3) is 4.98. The van der Waals surface area contributed by atoms with E-state index in [2.05, 4.69) is 30.3 Å². The van der Waals surface area contributed by atoms with Crippen LogP contribution in [0.15, 0.2) is 71.3 Å². The Bertz CT molecular complexity index is 1920. The van der Waals surface area contributed by atoms with Crippen molar-refractivity contribution in [2.24, 2.45) is 0 Å². The Morgan fingerprint density at radius 2 is 1.80 bits per heavy atom. The molecule has 46 heavy (non-hydrogen) atoms. The molecule has 234 valence electrons. The van der Waals surface area contributed by atoms with Crippen molar-refractivity contribution >= 4 is 28.6 Å². The molecule has 8 rings (SSSR count). The van der Waals surface area contributed by atoms with Crippen molar-refractivity contribution in [3.8, 4) is 11.5 Å². The van der Waals surface area contributed by atoms with Crippen LogP contribution in [0.1, 0.15) is 60.2 Å². The first-order valence-corrected chi connectivity index (χ1v) is 15.3. The summed E-state index contributed by atoms with van der Waals surface area (Å²) in [5.41, 5.74) is 3.77. The summed E-state index contributed by atoms with van der Waals surface area (Å²) in [5, 5.41) is 11.5. The Kier molecular flexibility index (Phi) is 7.00. The number of fused-ring (bicyclic) bond motifs is 3. The Balaban J connectivity index is 1.04. The smallest absolute Gasteiger partial charge is 0.350 e. The van der Waals surface area contributed by atoms with E-state index in [1.54, 1.807) is 23.2 Å². The fourth-order valence-electron chi connectivity index (χ4n) is 7.01. The van der Waals surface area contributed by atoms with Gasteiger partial charge >= 0.3 is 6.55 Å². The number of likely N-dealkylation sites (tertiary alicyclic amines) is 1. The van der Waals surface area contributed by atoms with Crippen LogP contribution in [0.4, 0.5) is 14.5 Å². The van der Waals surface area contributed by atoms with Gasteiger partial charge < -0.3 is 14.2 Å². The molecule has 2 bridgehead atoms. The molecule has 3 fully saturated rings. The molecule has 3 atom stereocenters. The van der Waals surface area contributed by atoms with Gasteiger partial charge in [-0.05, 0) is 60.4 Å². The third-order valence-corrected chi connectivity index (χ3v) is 9.07. The molecule has 3 aliphatic heterocycles. The number of tetrazole rings is 1. The number of anilines is 1. The molecule has 0 radical (unpaired) electrons. The number of carbonyl (C=O) groups excluding carboxylic acids is 2. The number of aromatic nitrogens is 6. The van der Waals surface area contributed by atoms with Gasteiger partial charge in [-0.3, -0.25) is 19.5 Å². The molecule has 0 spiro atoms. The van der Waals surface area contributed by atoms with E-state index < -0.39 is 12.6 Å². The van der Waals surface area contributed by atoms with Gasteiger partial charge in [0.2, 0.25) is 11.8 Å². The van der Waals surface area contributed by atoms with E-state index in [1.165, 1.54) is 0 Å². The number of pyridine rings is 1. The van der Waals surface area contributed by atoms with Crippen LogP contribution in [0, 0.1) is 0 Å². The Morgan fingerprint density at radius 1 is 1.00 bits per heavy atom. The lowest BCUT2D eigenvalue weighted by molar-refractivity contribution is -0.117. The zero-order valence-electron chi connectivity index (χ0n) is 24.6. The van der Waals surface area contributed by atoms with Crippen molar-refractivity contribution in [2.75, 3.05) is 24.5 Å². The molecule has 3 aliphatic rings. The first-order chi connectivity index (χ1) is 22.4. The van der Waals surface area contributed by atoms with Crippen LogP contribution >= 0.6 is 0 Å². The van der Waals surface area contributed by atoms with Crippen LogP contribution in [-0.2, 0) is 4.79 Å². The second-order valence-corrected chi connectivity index (χ2v) is 11.9. The highest BCUT2D eigenvalue weighted by molar-refractivity contribution is 5.97. The van der Waals surface area contributed by atoms with E-state index >= 15 is 0 Å². The average Bonchev–Trinajstić information content (AvgIpc) is 3.87. The number of amides is 2. The highest BCUT2D eigenvalue weighted by Gasteiger charge is 2.46. The summed E-state index contributed by atoms with van der Waals surface area (Å²) in [4.78, 5) is 41.4. The molecule has 12 nitrogen and oxygen atoms in total. The maximum atomic E-state index is 14.0. The van der Waals surface area contributed by atoms with Gasteiger partial charge in [0, 0.05) is 55.6 Å². The van der Waals surface area contributed by atoms with Gasteiger partial charge in [0.1, 0.15) is 11.2 Å². The number of hydrogen-bond donors (Lipinski definition) is 0. The van der Waals surface area contributed by atoms with E-state index in [0.29, 0.717) is 53.4 Å². The van der Waals surface area contributed by atoms with Crippen LogP contribution in [0.2, 0.25) is 0 Å². The molecule has 2 unspecified atom stereocenters. The summed E-state index contributed by atoms with van der Waals surface area (Å²) in [6.07, 6.45) is 4.56. The van der Waals surface area contributed by atoms with Crippen molar-refractivity contribution < 1.29 is 22.8 Å². The van der Waals surface area contributed by atoms with Gasteiger partial charge in [-0.1, -0.05) is 35.1 Å². The lowest BCUT2D eigenvalue weighted by Crippen LogP contribution is -2.56. The van der Waals surface area contributed by atoms with E-state index in [4.69, 9.17) is 4.42 Å². The Morgan fingerprint density at radius 3 is 2.52 bits per heavy atom. The van der Waals surface area contributed by atoms with E-state index in [-0.39, 0.29) is 35.4 Å². The van der Waals surface area contributed by atoms with Crippen molar-refractivity contribution in [2.45, 2.75) is 50.4 Å². The minimum Gasteiger partial charge on any atom is -0.436 e. The molecule has 3 saturated heterocycles. The first-order valence-electron chi connectivity index (χ1n) is 15.3. The van der Waals surface area contributed by atoms with Gasteiger partial charge in [0.25, 0.3) is 5.91 Å². The number of benzene rings is 2. The third-order valence-electron chi connectivity index (χ3n) is 9.07. The topological polar surface area (TPSA) is 126 Å². The summed E-state index contributed by atoms with van der Waals surface area (Å²) < 4.78 is 32.7. The zero-order chi connectivity index (χ0) is 31.4. The molecular formula is C32H29F2N9O3. The van der Waals surface area contributed by atoms with Crippen molar-refractivity contribution in [3.05, 3.63) is 83.9 Å². The predicted molar refractivity (Wildman–Crippen MR) is 161 cm³/mol. The number of piperazine rings is 1. The van der Waals surface area contributed by atoms with Crippen LogP contribution in [0.25, 0.3) is 22.6 Å². The monoisotopic (exact) mass is 625 g/mol. The normalized spacial score (nSPS) is 20.7. The standard InChI is InChI=1S/C32H29F2N9O3/c33-32(34)43-38-29(37-39-43)28(19-5-2-1-3-6-19)40-17-22-8-9-23(18-40)42(22)31(45)25-15-20(12-13-35-25)30-36-24-16-21(10-11-26(24)46-30)41-14-4-7-27(41)44/h1-3,5-6,10-13,15-16,22-23,28,32H,4,7-9,14,17-18H2/t22?,23?,28-/m1/s1. The number of oxazole rings is 1. The minimum atomic E-state index is -2.89. The number of halogens is 2. The molecule has 0 N–H and O–H groups in total. The first kappa shape index (κ1) is 28.4. The molecular weight excluding hydrogens is 596 g/mol. The number of hydrogen-bond acceptors (Lipinski definition) is 9. The highest BCUT2D eigenvalue weighted by atomic mass is 19.3. The fourth-order valence-corrected chi connectivity index (χ4v) is 7.01. The summed E-state index contributed by atoms with van der Waals surface area (Å²) in [6.45, 7) is -1.18. The molecule has 6 heterocycles. The number of nitrogens with zero attached hydrogens (tertiary/aromatic N) is 9. The van der Waals surface area contributed by atoms with E-state index in [0.717, 1.165) is 30.5 Å². The van der Waals surface area contributed by atoms with Crippen LogP contribution in [-0.4, -0.2) is 83.5 Å².